The topological polar surface area (TPSA) is 68.0 Å². The quantitative estimate of drug-likeness (QED) is 0.799. The number of amides is 1. The molecule has 2 heterocycles. The average molecular weight is 279 g/mol. The molecule has 1 amide bonds. The molecular weight excluding hydrogens is 266 g/mol. The predicted octanol–water partition coefficient (Wildman–Crippen LogP) is 3.24. The SMILES string of the molecule is O=C(Nc1ccc2nc(-c3ccncc3)oc2c1)C1CC1. The van der Waals surface area contributed by atoms with E-state index < -0.39 is 0 Å². The zero-order valence-electron chi connectivity index (χ0n) is 11.2. The number of nitrogens with one attached hydrogen (secondary N) is 1. The minimum absolute atomic E-state index is 0.0863. The molecule has 0 bridgehead atoms. The third kappa shape index (κ3) is 2.38. The maximum atomic E-state index is 11.8. The highest BCUT2D eigenvalue weighted by atomic mass is 16.3. The van der Waals surface area contributed by atoms with E-state index in [1.807, 2.05) is 30.3 Å². The molecule has 1 aliphatic rings. The molecular formula is C16H13N3O2. The van der Waals surface area contributed by atoms with Gasteiger partial charge in [0.1, 0.15) is 5.52 Å². The number of hydrogen-bond donors (Lipinski definition) is 1. The summed E-state index contributed by atoms with van der Waals surface area (Å²) in [6.45, 7) is 0. The van der Waals surface area contributed by atoms with E-state index in [9.17, 15) is 4.79 Å². The molecule has 0 saturated heterocycles. The minimum Gasteiger partial charge on any atom is -0.436 e. The van der Waals surface area contributed by atoms with Gasteiger partial charge < -0.3 is 9.73 Å². The zero-order chi connectivity index (χ0) is 14.2. The third-order valence-electron chi connectivity index (χ3n) is 3.53. The Morgan fingerprint density at radius 2 is 2.00 bits per heavy atom. The van der Waals surface area contributed by atoms with Gasteiger partial charge in [0.15, 0.2) is 5.58 Å². The normalized spacial score (nSPS) is 14.3. The summed E-state index contributed by atoms with van der Waals surface area (Å²) in [5, 5.41) is 2.91. The average Bonchev–Trinajstić information content (AvgIpc) is 3.28. The fourth-order valence-electron chi connectivity index (χ4n) is 2.21. The van der Waals surface area contributed by atoms with Crippen LogP contribution in [0.2, 0.25) is 0 Å². The molecule has 1 fully saturated rings. The number of anilines is 1. The van der Waals surface area contributed by atoms with Crippen LogP contribution in [0.5, 0.6) is 0 Å². The highest BCUT2D eigenvalue weighted by Crippen LogP contribution is 2.31. The van der Waals surface area contributed by atoms with Crippen LogP contribution in [0.25, 0.3) is 22.6 Å². The van der Waals surface area contributed by atoms with Gasteiger partial charge in [-0.05, 0) is 37.1 Å². The van der Waals surface area contributed by atoms with Gasteiger partial charge >= 0.3 is 0 Å². The smallest absolute Gasteiger partial charge is 0.227 e. The Balaban J connectivity index is 1.66. The summed E-state index contributed by atoms with van der Waals surface area (Å²) >= 11 is 0. The van der Waals surface area contributed by atoms with Crippen molar-refractivity contribution in [2.45, 2.75) is 12.8 Å². The van der Waals surface area contributed by atoms with E-state index in [1.165, 1.54) is 0 Å². The Kier molecular flexibility index (Phi) is 2.70. The van der Waals surface area contributed by atoms with Crippen molar-refractivity contribution < 1.29 is 9.21 Å². The largest absolute Gasteiger partial charge is 0.436 e. The Morgan fingerprint density at radius 1 is 1.19 bits per heavy atom. The summed E-state index contributed by atoms with van der Waals surface area (Å²) in [7, 11) is 0. The molecule has 2 aromatic heterocycles. The Hall–Kier alpha value is -2.69. The molecule has 1 aliphatic carbocycles. The van der Waals surface area contributed by atoms with E-state index >= 15 is 0 Å². The number of oxazole rings is 1. The molecule has 0 aliphatic heterocycles. The lowest BCUT2D eigenvalue weighted by Crippen LogP contribution is -2.12. The minimum atomic E-state index is 0.0863. The molecule has 3 aromatic rings. The van der Waals surface area contributed by atoms with Crippen molar-refractivity contribution in [1.29, 1.82) is 0 Å². The molecule has 0 radical (unpaired) electrons. The molecule has 1 aromatic carbocycles. The van der Waals surface area contributed by atoms with Crippen LogP contribution < -0.4 is 5.32 Å². The van der Waals surface area contributed by atoms with Crippen molar-refractivity contribution in [2.75, 3.05) is 5.32 Å². The molecule has 0 spiro atoms. The van der Waals surface area contributed by atoms with E-state index in [1.54, 1.807) is 12.4 Å². The second-order valence-electron chi connectivity index (χ2n) is 5.20. The van der Waals surface area contributed by atoms with Crippen LogP contribution in [0, 0.1) is 5.92 Å². The first-order valence-electron chi connectivity index (χ1n) is 6.91. The maximum Gasteiger partial charge on any atom is 0.227 e. The number of aromatic nitrogens is 2. The monoisotopic (exact) mass is 279 g/mol. The number of carbonyl (C=O) groups is 1. The van der Waals surface area contributed by atoms with Crippen LogP contribution in [0.3, 0.4) is 0 Å². The van der Waals surface area contributed by atoms with E-state index in [2.05, 4.69) is 15.3 Å². The van der Waals surface area contributed by atoms with Gasteiger partial charge in [-0.25, -0.2) is 4.98 Å². The standard InChI is InChI=1S/C16H13N3O2/c20-15(10-1-2-10)18-12-3-4-13-14(9-12)21-16(19-13)11-5-7-17-8-6-11/h3-10H,1-2H2,(H,18,20). The summed E-state index contributed by atoms with van der Waals surface area (Å²) < 4.78 is 5.76. The van der Waals surface area contributed by atoms with Crippen LogP contribution in [-0.4, -0.2) is 15.9 Å². The van der Waals surface area contributed by atoms with Gasteiger partial charge in [0.25, 0.3) is 0 Å². The Morgan fingerprint density at radius 3 is 2.76 bits per heavy atom. The van der Waals surface area contributed by atoms with Crippen molar-refractivity contribution in [1.82, 2.24) is 9.97 Å². The van der Waals surface area contributed by atoms with Crippen LogP contribution in [-0.2, 0) is 4.79 Å². The van der Waals surface area contributed by atoms with E-state index in [-0.39, 0.29) is 11.8 Å². The molecule has 21 heavy (non-hydrogen) atoms. The zero-order valence-corrected chi connectivity index (χ0v) is 11.2. The van der Waals surface area contributed by atoms with E-state index in [0.717, 1.165) is 29.6 Å². The summed E-state index contributed by atoms with van der Waals surface area (Å²) in [6, 6.07) is 9.21. The summed E-state index contributed by atoms with van der Waals surface area (Å²) in [6.07, 6.45) is 5.38. The Bertz CT molecular complexity index is 807. The fourth-order valence-corrected chi connectivity index (χ4v) is 2.21. The van der Waals surface area contributed by atoms with E-state index in [4.69, 9.17) is 4.42 Å². The lowest BCUT2D eigenvalue weighted by molar-refractivity contribution is -0.117. The summed E-state index contributed by atoms with van der Waals surface area (Å²) in [5.74, 6) is 0.823. The van der Waals surface area contributed by atoms with Gasteiger partial charge in [-0.15, -0.1) is 0 Å². The summed E-state index contributed by atoms with van der Waals surface area (Å²) in [5.41, 5.74) is 3.06. The number of rotatable bonds is 3. The molecule has 104 valence electrons. The second kappa shape index (κ2) is 4.70. The van der Waals surface area contributed by atoms with Crippen molar-refractivity contribution in [3.05, 3.63) is 42.7 Å². The van der Waals surface area contributed by atoms with Gasteiger partial charge in [0.2, 0.25) is 11.8 Å². The summed E-state index contributed by atoms with van der Waals surface area (Å²) in [4.78, 5) is 20.2. The predicted molar refractivity (Wildman–Crippen MR) is 78.6 cm³/mol. The molecule has 0 unspecified atom stereocenters. The fraction of sp³-hybridized carbons (Fsp3) is 0.188. The number of nitrogens with zero attached hydrogens (tertiary/aromatic N) is 2. The highest BCUT2D eigenvalue weighted by Gasteiger charge is 2.29. The van der Waals surface area contributed by atoms with Gasteiger partial charge in [0.05, 0.1) is 0 Å². The van der Waals surface area contributed by atoms with E-state index in [0.29, 0.717) is 11.5 Å². The molecule has 4 rings (SSSR count). The number of benzene rings is 1. The molecule has 0 atom stereocenters. The highest BCUT2D eigenvalue weighted by molar-refractivity contribution is 5.95. The first-order valence-corrected chi connectivity index (χ1v) is 6.91. The maximum absolute atomic E-state index is 11.8. The van der Waals surface area contributed by atoms with Crippen LogP contribution in [0.1, 0.15) is 12.8 Å². The van der Waals surface area contributed by atoms with Crippen molar-refractivity contribution >= 4 is 22.7 Å². The molecule has 5 nitrogen and oxygen atoms in total. The number of fused-ring (bicyclic) bond motifs is 1. The number of hydrogen-bond acceptors (Lipinski definition) is 4. The molecule has 5 heteroatoms. The first-order chi connectivity index (χ1) is 10.3. The van der Waals surface area contributed by atoms with Crippen LogP contribution >= 0.6 is 0 Å². The third-order valence-corrected chi connectivity index (χ3v) is 3.53. The van der Waals surface area contributed by atoms with Crippen molar-refractivity contribution in [2.24, 2.45) is 5.92 Å². The lowest BCUT2D eigenvalue weighted by Gasteiger charge is -2.02. The Labute approximate surface area is 121 Å². The molecule has 1 saturated carbocycles. The molecule has 1 N–H and O–H groups in total. The van der Waals surface area contributed by atoms with Gasteiger partial charge in [0, 0.05) is 35.6 Å². The van der Waals surface area contributed by atoms with Crippen molar-refractivity contribution in [3.63, 3.8) is 0 Å². The van der Waals surface area contributed by atoms with Crippen molar-refractivity contribution in [3.8, 4) is 11.5 Å². The second-order valence-corrected chi connectivity index (χ2v) is 5.20. The van der Waals surface area contributed by atoms with Gasteiger partial charge in [-0.3, -0.25) is 9.78 Å². The van der Waals surface area contributed by atoms with Crippen LogP contribution in [0.15, 0.2) is 47.1 Å². The number of pyridine rings is 1. The number of carbonyl (C=O) groups excluding carboxylic acids is 1. The van der Waals surface area contributed by atoms with Crippen LogP contribution in [0.4, 0.5) is 5.69 Å². The lowest BCUT2D eigenvalue weighted by atomic mass is 10.2. The van der Waals surface area contributed by atoms with Gasteiger partial charge in [-0.1, -0.05) is 0 Å². The van der Waals surface area contributed by atoms with Gasteiger partial charge in [-0.2, -0.15) is 0 Å². The first kappa shape index (κ1) is 12.1.